The topological polar surface area (TPSA) is 37.1 Å². The van der Waals surface area contributed by atoms with Crippen molar-refractivity contribution >= 4 is 17.2 Å². The summed E-state index contributed by atoms with van der Waals surface area (Å²) in [5.41, 5.74) is 2.32. The molecule has 0 atom stereocenters. The minimum Gasteiger partial charge on any atom is -0.504 e. The molecular formula is C20H25N2O2S+. The van der Waals surface area contributed by atoms with Gasteiger partial charge in [0, 0.05) is 11.1 Å². The Morgan fingerprint density at radius 1 is 1.16 bits per heavy atom. The molecular weight excluding hydrogens is 332 g/mol. The number of thiocarbonyl (C=S) groups is 1. The lowest BCUT2D eigenvalue weighted by Crippen LogP contribution is -3.13. The first-order valence-electron chi connectivity index (χ1n) is 8.80. The third-order valence-electron chi connectivity index (χ3n) is 4.56. The molecule has 1 fully saturated rings. The van der Waals surface area contributed by atoms with Crippen LogP contribution in [-0.4, -0.2) is 47.8 Å². The van der Waals surface area contributed by atoms with Crippen LogP contribution in [0.25, 0.3) is 0 Å². The normalized spacial score (nSPS) is 15.2. The average molecular weight is 357 g/mol. The first kappa shape index (κ1) is 17.7. The largest absolute Gasteiger partial charge is 0.504 e. The number of hydrogen-bond acceptors (Lipinski definition) is 3. The van der Waals surface area contributed by atoms with Gasteiger partial charge in [0.2, 0.25) is 0 Å². The minimum atomic E-state index is 0.158. The van der Waals surface area contributed by atoms with Gasteiger partial charge in [0.25, 0.3) is 0 Å². The summed E-state index contributed by atoms with van der Waals surface area (Å²) < 4.78 is 5.47. The van der Waals surface area contributed by atoms with E-state index in [0.717, 1.165) is 43.3 Å². The van der Waals surface area contributed by atoms with Crippen molar-refractivity contribution in [2.45, 2.75) is 13.5 Å². The quantitative estimate of drug-likeness (QED) is 0.801. The molecule has 0 bridgehead atoms. The van der Waals surface area contributed by atoms with E-state index in [1.54, 1.807) is 11.0 Å². The van der Waals surface area contributed by atoms with Gasteiger partial charge in [-0.05, 0) is 25.1 Å². The molecule has 0 unspecified atom stereocenters. The van der Waals surface area contributed by atoms with Gasteiger partial charge in [-0.15, -0.1) is 0 Å². The Hall–Kier alpha value is -2.11. The molecule has 132 valence electrons. The van der Waals surface area contributed by atoms with Crippen LogP contribution in [0, 0.1) is 0 Å². The fourth-order valence-corrected chi connectivity index (χ4v) is 3.50. The van der Waals surface area contributed by atoms with Crippen LogP contribution in [-0.2, 0) is 6.54 Å². The van der Waals surface area contributed by atoms with Crippen molar-refractivity contribution in [1.82, 2.24) is 4.90 Å². The first-order valence-corrected chi connectivity index (χ1v) is 9.20. The zero-order valence-electron chi connectivity index (χ0n) is 14.6. The predicted octanol–water partition coefficient (Wildman–Crippen LogP) is 1.87. The average Bonchev–Trinajstić information content (AvgIpc) is 2.65. The van der Waals surface area contributed by atoms with Gasteiger partial charge in [-0.25, -0.2) is 0 Å². The third kappa shape index (κ3) is 4.50. The van der Waals surface area contributed by atoms with E-state index in [1.165, 1.54) is 5.56 Å². The number of nitrogens with zero attached hydrogens (tertiary/aromatic N) is 1. The number of aromatic hydroxyl groups is 1. The second-order valence-corrected chi connectivity index (χ2v) is 6.71. The highest BCUT2D eigenvalue weighted by atomic mass is 32.1. The molecule has 4 nitrogen and oxygen atoms in total. The van der Waals surface area contributed by atoms with Crippen molar-refractivity contribution in [3.05, 3.63) is 59.7 Å². The number of phenols is 1. The molecule has 2 N–H and O–H groups in total. The summed E-state index contributed by atoms with van der Waals surface area (Å²) in [4.78, 5) is 4.68. The van der Waals surface area contributed by atoms with E-state index in [-0.39, 0.29) is 5.75 Å². The summed E-state index contributed by atoms with van der Waals surface area (Å²) in [5, 5.41) is 9.85. The smallest absolute Gasteiger partial charge is 0.161 e. The molecule has 0 saturated carbocycles. The number of phenolic OH excluding ortho intramolecular Hbond substituents is 1. The standard InChI is InChI=1S/C20H24N2O2S/c1-2-24-19-14-17(8-9-18(19)23)20(25)22-12-10-21(11-13-22)15-16-6-4-3-5-7-16/h3-9,14,23H,2,10-13,15H2,1H3/p+1. The van der Waals surface area contributed by atoms with Crippen LogP contribution in [0.1, 0.15) is 18.1 Å². The molecule has 0 amide bonds. The molecule has 0 aliphatic carbocycles. The van der Waals surface area contributed by atoms with E-state index in [2.05, 4.69) is 35.2 Å². The number of ether oxygens (including phenoxy) is 1. The van der Waals surface area contributed by atoms with Crippen LogP contribution >= 0.6 is 12.2 Å². The number of nitrogens with one attached hydrogen (secondary N) is 1. The van der Waals surface area contributed by atoms with Crippen molar-refractivity contribution in [1.29, 1.82) is 0 Å². The second kappa shape index (κ2) is 8.32. The summed E-state index contributed by atoms with van der Waals surface area (Å²) in [7, 11) is 0. The zero-order chi connectivity index (χ0) is 17.6. The Labute approximate surface area is 154 Å². The highest BCUT2D eigenvalue weighted by molar-refractivity contribution is 7.80. The Kier molecular flexibility index (Phi) is 5.89. The monoisotopic (exact) mass is 357 g/mol. The Bertz CT molecular complexity index is 713. The number of quaternary nitrogens is 1. The van der Waals surface area contributed by atoms with Crippen LogP contribution in [0.5, 0.6) is 11.5 Å². The van der Waals surface area contributed by atoms with Gasteiger partial charge in [0.15, 0.2) is 11.5 Å². The summed E-state index contributed by atoms with van der Waals surface area (Å²) >= 11 is 5.68. The molecule has 0 spiro atoms. The molecule has 25 heavy (non-hydrogen) atoms. The molecule has 5 heteroatoms. The SMILES string of the molecule is CCOc1cc(C(=S)N2CC[NH+](Cc3ccccc3)CC2)ccc1O. The number of benzene rings is 2. The van der Waals surface area contributed by atoms with E-state index in [0.29, 0.717) is 12.4 Å². The van der Waals surface area contributed by atoms with Crippen molar-refractivity contribution in [3.8, 4) is 11.5 Å². The number of hydrogen-bond donors (Lipinski definition) is 2. The van der Waals surface area contributed by atoms with E-state index < -0.39 is 0 Å². The van der Waals surface area contributed by atoms with Crippen LogP contribution in [0.3, 0.4) is 0 Å². The van der Waals surface area contributed by atoms with Crippen molar-refractivity contribution < 1.29 is 14.7 Å². The summed E-state index contributed by atoms with van der Waals surface area (Å²) in [6.45, 7) is 7.54. The first-order chi connectivity index (χ1) is 12.2. The van der Waals surface area contributed by atoms with E-state index in [9.17, 15) is 5.11 Å². The highest BCUT2D eigenvalue weighted by Gasteiger charge is 2.23. The van der Waals surface area contributed by atoms with Crippen molar-refractivity contribution in [2.24, 2.45) is 0 Å². The fourth-order valence-electron chi connectivity index (χ4n) is 3.19. The van der Waals surface area contributed by atoms with Crippen LogP contribution in [0.15, 0.2) is 48.5 Å². The van der Waals surface area contributed by atoms with Gasteiger partial charge >= 0.3 is 0 Å². The molecule has 0 aromatic heterocycles. The number of rotatable bonds is 5. The lowest BCUT2D eigenvalue weighted by Gasteiger charge is -2.34. The molecule has 2 aromatic carbocycles. The van der Waals surface area contributed by atoms with Crippen LogP contribution in [0.2, 0.25) is 0 Å². The van der Waals surface area contributed by atoms with Crippen LogP contribution < -0.4 is 9.64 Å². The summed E-state index contributed by atoms with van der Waals surface area (Å²) in [6, 6.07) is 16.0. The summed E-state index contributed by atoms with van der Waals surface area (Å²) in [6.07, 6.45) is 0. The predicted molar refractivity (Wildman–Crippen MR) is 103 cm³/mol. The Morgan fingerprint density at radius 3 is 2.56 bits per heavy atom. The molecule has 1 heterocycles. The zero-order valence-corrected chi connectivity index (χ0v) is 15.4. The minimum absolute atomic E-state index is 0.158. The summed E-state index contributed by atoms with van der Waals surface area (Å²) in [5.74, 6) is 0.654. The Balaban J connectivity index is 1.59. The lowest BCUT2D eigenvalue weighted by molar-refractivity contribution is -0.917. The van der Waals surface area contributed by atoms with Crippen LogP contribution in [0.4, 0.5) is 0 Å². The molecule has 3 rings (SSSR count). The molecule has 2 aromatic rings. The van der Waals surface area contributed by atoms with E-state index >= 15 is 0 Å². The van der Waals surface area contributed by atoms with E-state index in [1.807, 2.05) is 19.1 Å². The maximum atomic E-state index is 9.85. The fraction of sp³-hybridized carbons (Fsp3) is 0.350. The highest BCUT2D eigenvalue weighted by Crippen LogP contribution is 2.27. The van der Waals surface area contributed by atoms with E-state index in [4.69, 9.17) is 17.0 Å². The van der Waals surface area contributed by atoms with Gasteiger partial charge < -0.3 is 19.6 Å². The third-order valence-corrected chi connectivity index (χ3v) is 5.06. The van der Waals surface area contributed by atoms with Gasteiger partial charge in [0.05, 0.1) is 32.8 Å². The maximum Gasteiger partial charge on any atom is 0.161 e. The van der Waals surface area contributed by atoms with Gasteiger partial charge in [-0.1, -0.05) is 42.5 Å². The molecule has 1 aliphatic rings. The Morgan fingerprint density at radius 2 is 1.88 bits per heavy atom. The molecule has 0 radical (unpaired) electrons. The molecule has 1 saturated heterocycles. The van der Waals surface area contributed by atoms with Gasteiger partial charge in [-0.2, -0.15) is 0 Å². The van der Waals surface area contributed by atoms with Gasteiger partial charge in [0.1, 0.15) is 11.5 Å². The lowest BCUT2D eigenvalue weighted by atomic mass is 10.1. The van der Waals surface area contributed by atoms with Crippen molar-refractivity contribution in [2.75, 3.05) is 32.8 Å². The number of piperazine rings is 1. The van der Waals surface area contributed by atoms with Gasteiger partial charge in [-0.3, -0.25) is 0 Å². The molecule has 1 aliphatic heterocycles. The van der Waals surface area contributed by atoms with Crippen molar-refractivity contribution in [3.63, 3.8) is 0 Å². The second-order valence-electron chi connectivity index (χ2n) is 6.32. The maximum absolute atomic E-state index is 9.85.